The van der Waals surface area contributed by atoms with E-state index in [1.54, 1.807) is 12.3 Å². The van der Waals surface area contributed by atoms with Crippen molar-refractivity contribution in [1.29, 1.82) is 0 Å². The molecule has 3 aromatic rings. The summed E-state index contributed by atoms with van der Waals surface area (Å²) in [6.07, 6.45) is 6.26. The summed E-state index contributed by atoms with van der Waals surface area (Å²) in [6, 6.07) is 9.50. The Hall–Kier alpha value is -3.13. The fourth-order valence-corrected chi connectivity index (χ4v) is 2.49. The largest absolute Gasteiger partial charge is 0.313 e. The molecule has 0 atom stereocenters. The number of anilines is 1. The van der Waals surface area contributed by atoms with Crippen LogP contribution in [-0.2, 0) is 7.05 Å². The van der Waals surface area contributed by atoms with E-state index in [0.717, 1.165) is 35.9 Å². The first-order chi connectivity index (χ1) is 12.2. The molecule has 1 aromatic carbocycles. The Morgan fingerprint density at radius 1 is 1.28 bits per heavy atom. The van der Waals surface area contributed by atoms with Crippen LogP contribution in [0.15, 0.2) is 42.7 Å². The summed E-state index contributed by atoms with van der Waals surface area (Å²) >= 11 is 0. The molecule has 0 aliphatic heterocycles. The summed E-state index contributed by atoms with van der Waals surface area (Å²) < 4.78 is 1.86. The molecule has 0 saturated carbocycles. The van der Waals surface area contributed by atoms with Crippen LogP contribution in [0.3, 0.4) is 0 Å². The Morgan fingerprint density at radius 2 is 2.12 bits per heavy atom. The average Bonchev–Trinajstić information content (AvgIpc) is 2.95. The first kappa shape index (κ1) is 16.7. The zero-order chi connectivity index (χ0) is 17.6. The minimum absolute atomic E-state index is 0.247. The number of unbranched alkanes of at least 4 members (excludes halogenated alkanes) is 2. The van der Waals surface area contributed by atoms with Crippen LogP contribution in [-0.4, -0.2) is 20.4 Å². The van der Waals surface area contributed by atoms with Gasteiger partial charge in [0, 0.05) is 31.4 Å². The van der Waals surface area contributed by atoms with Crippen molar-refractivity contribution in [3.05, 3.63) is 53.9 Å². The zero-order valence-electron chi connectivity index (χ0n) is 14.4. The van der Waals surface area contributed by atoms with E-state index in [4.69, 9.17) is 0 Å². The van der Waals surface area contributed by atoms with E-state index in [1.165, 1.54) is 6.20 Å². The number of nitrogens with one attached hydrogen (secondary N) is 1. The third-order valence-electron chi connectivity index (χ3n) is 3.90. The molecule has 0 bridgehead atoms. The lowest BCUT2D eigenvalue weighted by Crippen LogP contribution is -2.15. The summed E-state index contributed by atoms with van der Waals surface area (Å²) in [4.78, 5) is 21.1. The highest BCUT2D eigenvalue weighted by Crippen LogP contribution is 2.18. The number of carbonyl (C=O) groups excluding carboxylic acids is 1. The third kappa shape index (κ3) is 3.86. The van der Waals surface area contributed by atoms with Gasteiger partial charge in [-0.05, 0) is 24.6 Å². The molecular formula is C20H20N4O. The van der Waals surface area contributed by atoms with Gasteiger partial charge in [-0.2, -0.15) is 0 Å². The van der Waals surface area contributed by atoms with Gasteiger partial charge in [-0.15, -0.1) is 0 Å². The molecule has 126 valence electrons. The topological polar surface area (TPSA) is 59.8 Å². The molecule has 1 amide bonds. The summed E-state index contributed by atoms with van der Waals surface area (Å²) in [7, 11) is 1.87. The Labute approximate surface area is 147 Å². The molecule has 0 aliphatic carbocycles. The fourth-order valence-electron chi connectivity index (χ4n) is 2.49. The van der Waals surface area contributed by atoms with Crippen LogP contribution >= 0.6 is 0 Å². The lowest BCUT2D eigenvalue weighted by atomic mass is 10.2. The third-order valence-corrected chi connectivity index (χ3v) is 3.90. The van der Waals surface area contributed by atoms with Gasteiger partial charge in [-0.25, -0.2) is 4.98 Å². The number of hydrogen-bond donors (Lipinski definition) is 1. The molecule has 0 unspecified atom stereocenters. The number of aryl methyl sites for hydroxylation is 1. The maximum Gasteiger partial charge on any atom is 0.259 e. The highest BCUT2D eigenvalue weighted by molar-refractivity contribution is 6.04. The molecule has 5 nitrogen and oxygen atoms in total. The average molecular weight is 332 g/mol. The summed E-state index contributed by atoms with van der Waals surface area (Å²) in [5.41, 5.74) is 3.02. The summed E-state index contributed by atoms with van der Waals surface area (Å²) in [5, 5.41) is 2.84. The van der Waals surface area contributed by atoms with Crippen molar-refractivity contribution in [1.82, 2.24) is 14.5 Å². The predicted molar refractivity (Wildman–Crippen MR) is 99.3 cm³/mol. The van der Waals surface area contributed by atoms with Gasteiger partial charge in [0.25, 0.3) is 5.91 Å². The number of para-hydroxylation sites is 2. The van der Waals surface area contributed by atoms with Gasteiger partial charge in [-0.1, -0.05) is 37.3 Å². The highest BCUT2D eigenvalue weighted by Gasteiger charge is 2.12. The number of fused-ring (bicyclic) bond motifs is 1. The Balaban J connectivity index is 1.78. The van der Waals surface area contributed by atoms with Crippen LogP contribution in [0.25, 0.3) is 11.0 Å². The van der Waals surface area contributed by atoms with Crippen LogP contribution in [0.5, 0.6) is 0 Å². The zero-order valence-corrected chi connectivity index (χ0v) is 14.4. The Bertz CT molecular complexity index is 962. The molecule has 25 heavy (non-hydrogen) atoms. The number of carbonyl (C=O) groups is 1. The van der Waals surface area contributed by atoms with E-state index in [9.17, 15) is 4.79 Å². The molecular weight excluding hydrogens is 312 g/mol. The second kappa shape index (κ2) is 7.63. The van der Waals surface area contributed by atoms with Crippen molar-refractivity contribution < 1.29 is 4.79 Å². The molecule has 1 N–H and O–H groups in total. The molecule has 0 radical (unpaired) electrons. The summed E-state index contributed by atoms with van der Waals surface area (Å²) in [5.74, 6) is 6.42. The fraction of sp³-hybridized carbons (Fsp3) is 0.250. The molecule has 0 aliphatic rings. The van der Waals surface area contributed by atoms with Crippen molar-refractivity contribution in [3.63, 3.8) is 0 Å². The lowest BCUT2D eigenvalue weighted by molar-refractivity contribution is 0.102. The van der Waals surface area contributed by atoms with E-state index in [-0.39, 0.29) is 5.91 Å². The number of benzene rings is 1. The number of hydrogen-bond acceptors (Lipinski definition) is 3. The van der Waals surface area contributed by atoms with Crippen LogP contribution in [0, 0.1) is 11.8 Å². The van der Waals surface area contributed by atoms with Crippen molar-refractivity contribution >= 4 is 22.9 Å². The minimum Gasteiger partial charge on any atom is -0.313 e. The Morgan fingerprint density at radius 3 is 2.92 bits per heavy atom. The SMILES string of the molecule is CCCCC#Cc1cncc(C(=O)Nc2nc3ccccc3n2C)c1. The normalized spacial score (nSPS) is 10.3. The molecule has 0 fully saturated rings. The monoisotopic (exact) mass is 332 g/mol. The second-order valence-electron chi connectivity index (χ2n) is 5.80. The number of amides is 1. The van der Waals surface area contributed by atoms with Crippen molar-refractivity contribution in [3.8, 4) is 11.8 Å². The van der Waals surface area contributed by atoms with Gasteiger partial charge < -0.3 is 4.57 Å². The molecule has 2 heterocycles. The van der Waals surface area contributed by atoms with Crippen LogP contribution in [0.2, 0.25) is 0 Å². The van der Waals surface area contributed by atoms with Gasteiger partial charge in [0.2, 0.25) is 5.95 Å². The van der Waals surface area contributed by atoms with Crippen molar-refractivity contribution in [2.75, 3.05) is 5.32 Å². The molecule has 3 rings (SSSR count). The van der Waals surface area contributed by atoms with Crippen molar-refractivity contribution in [2.45, 2.75) is 26.2 Å². The van der Waals surface area contributed by atoms with Crippen LogP contribution < -0.4 is 5.32 Å². The number of imidazole rings is 1. The maximum atomic E-state index is 12.5. The number of pyridine rings is 1. The van der Waals surface area contributed by atoms with Gasteiger partial charge in [0.15, 0.2) is 0 Å². The molecule has 0 saturated heterocycles. The highest BCUT2D eigenvalue weighted by atomic mass is 16.1. The maximum absolute atomic E-state index is 12.5. The molecule has 2 aromatic heterocycles. The molecule has 5 heteroatoms. The van der Waals surface area contributed by atoms with E-state index in [2.05, 4.69) is 34.0 Å². The number of nitrogens with zero attached hydrogens (tertiary/aromatic N) is 3. The van der Waals surface area contributed by atoms with Crippen molar-refractivity contribution in [2.24, 2.45) is 7.05 Å². The number of rotatable bonds is 4. The van der Waals surface area contributed by atoms with Gasteiger partial charge in [-0.3, -0.25) is 15.1 Å². The van der Waals surface area contributed by atoms with Gasteiger partial charge in [0.1, 0.15) is 0 Å². The minimum atomic E-state index is -0.247. The predicted octanol–water partition coefficient (Wildman–Crippen LogP) is 3.76. The smallest absolute Gasteiger partial charge is 0.259 e. The second-order valence-corrected chi connectivity index (χ2v) is 5.80. The standard InChI is InChI=1S/C20H20N4O/c1-3-4-5-6-9-15-12-16(14-21-13-15)19(25)23-20-22-17-10-7-8-11-18(17)24(20)2/h7-8,10-14H,3-5H2,1-2H3,(H,22,23,25). The first-order valence-electron chi connectivity index (χ1n) is 8.35. The van der Waals surface area contributed by atoms with Crippen LogP contribution in [0.1, 0.15) is 42.1 Å². The molecule has 0 spiro atoms. The van der Waals surface area contributed by atoms with E-state index in [0.29, 0.717) is 11.5 Å². The van der Waals surface area contributed by atoms with Gasteiger partial charge in [0.05, 0.1) is 16.6 Å². The first-order valence-corrected chi connectivity index (χ1v) is 8.35. The quantitative estimate of drug-likeness (QED) is 0.584. The summed E-state index contributed by atoms with van der Waals surface area (Å²) in [6.45, 7) is 2.13. The van der Waals surface area contributed by atoms with E-state index < -0.39 is 0 Å². The number of aromatic nitrogens is 3. The van der Waals surface area contributed by atoms with E-state index >= 15 is 0 Å². The lowest BCUT2D eigenvalue weighted by Gasteiger charge is -2.05. The van der Waals surface area contributed by atoms with Gasteiger partial charge >= 0.3 is 0 Å². The Kier molecular flexibility index (Phi) is 5.10. The van der Waals surface area contributed by atoms with E-state index in [1.807, 2.05) is 35.9 Å². The van der Waals surface area contributed by atoms with Crippen LogP contribution in [0.4, 0.5) is 5.95 Å².